The summed E-state index contributed by atoms with van der Waals surface area (Å²) in [6, 6.07) is -0.619. The molecule has 16 heteroatoms. The van der Waals surface area contributed by atoms with Crippen LogP contribution in [0, 0.1) is 0 Å². The second-order valence-corrected chi connectivity index (χ2v) is 7.96. The van der Waals surface area contributed by atoms with Crippen LogP contribution in [0.4, 0.5) is 38.0 Å². The Morgan fingerprint density at radius 2 is 1.89 bits per heavy atom. The van der Waals surface area contributed by atoms with Crippen molar-refractivity contribution in [3.05, 3.63) is 57.4 Å². The summed E-state index contributed by atoms with van der Waals surface area (Å²) in [5.74, 6) is 0.838. The Kier molecular flexibility index (Phi) is 6.88. The van der Waals surface area contributed by atoms with Crippen LogP contribution in [-0.4, -0.2) is 44.3 Å². The standard InChI is InChI=1S/C20H19F6N7O3/c1-10(30-13-6-29-32-17(34)16(13)20(24,25)26)8-35-9-15-31-12-2-3-33(7-14(12)36-15)18-27-4-11(5-28-18)19(21,22)23/h4-6,10H,2-3,7-9H2,1H3,(H2,30,32,34)/t10-/m0/s1. The second kappa shape index (κ2) is 9.75. The van der Waals surface area contributed by atoms with E-state index in [-0.39, 0.29) is 31.6 Å². The molecule has 1 aliphatic heterocycles. The highest BCUT2D eigenvalue weighted by Crippen LogP contribution is 2.32. The van der Waals surface area contributed by atoms with Gasteiger partial charge in [-0.15, -0.1) is 0 Å². The number of halogens is 6. The predicted molar refractivity (Wildman–Crippen MR) is 111 cm³/mol. The number of fused-ring (bicyclic) bond motifs is 1. The van der Waals surface area contributed by atoms with Gasteiger partial charge in [0.25, 0.3) is 5.56 Å². The molecule has 2 N–H and O–H groups in total. The summed E-state index contributed by atoms with van der Waals surface area (Å²) in [5, 5.41) is 7.71. The van der Waals surface area contributed by atoms with Gasteiger partial charge in [-0.1, -0.05) is 0 Å². The lowest BCUT2D eigenvalue weighted by Gasteiger charge is -2.25. The third kappa shape index (κ3) is 5.75. The zero-order valence-corrected chi connectivity index (χ0v) is 18.6. The largest absolute Gasteiger partial charge is 0.441 e. The molecule has 0 aliphatic carbocycles. The highest BCUT2D eigenvalue weighted by Gasteiger charge is 2.37. The number of hydrogen-bond acceptors (Lipinski definition) is 9. The molecular formula is C20H19F6N7O3. The molecule has 4 heterocycles. The van der Waals surface area contributed by atoms with E-state index in [2.05, 4.69) is 25.4 Å². The maximum atomic E-state index is 13.2. The minimum absolute atomic E-state index is 0.0390. The van der Waals surface area contributed by atoms with E-state index >= 15 is 0 Å². The molecule has 3 aromatic rings. The fraction of sp³-hybridized carbons (Fsp3) is 0.450. The van der Waals surface area contributed by atoms with Crippen molar-refractivity contribution < 1.29 is 35.5 Å². The van der Waals surface area contributed by atoms with Crippen LogP contribution in [0.3, 0.4) is 0 Å². The van der Waals surface area contributed by atoms with Gasteiger partial charge in [0, 0.05) is 31.4 Å². The van der Waals surface area contributed by atoms with Crippen molar-refractivity contribution in [1.29, 1.82) is 0 Å². The van der Waals surface area contributed by atoms with Gasteiger partial charge in [0.1, 0.15) is 17.9 Å². The third-order valence-electron chi connectivity index (χ3n) is 5.16. The summed E-state index contributed by atoms with van der Waals surface area (Å²) in [5.41, 5.74) is -3.50. The van der Waals surface area contributed by atoms with Crippen molar-refractivity contribution in [3.8, 4) is 0 Å². The van der Waals surface area contributed by atoms with Gasteiger partial charge in [0.05, 0.1) is 36.3 Å². The molecule has 0 saturated carbocycles. The van der Waals surface area contributed by atoms with Crippen molar-refractivity contribution >= 4 is 11.6 Å². The molecule has 0 spiro atoms. The number of anilines is 2. The van der Waals surface area contributed by atoms with Gasteiger partial charge in [0.15, 0.2) is 0 Å². The van der Waals surface area contributed by atoms with Gasteiger partial charge in [-0.25, -0.2) is 20.1 Å². The average molecular weight is 519 g/mol. The van der Waals surface area contributed by atoms with Gasteiger partial charge >= 0.3 is 12.4 Å². The molecular weight excluding hydrogens is 500 g/mol. The number of ether oxygens (including phenoxy) is 1. The van der Waals surface area contributed by atoms with Gasteiger partial charge in [-0.2, -0.15) is 31.4 Å². The molecule has 0 radical (unpaired) electrons. The molecule has 4 rings (SSSR count). The molecule has 1 aliphatic rings. The summed E-state index contributed by atoms with van der Waals surface area (Å²) in [4.78, 5) is 25.1. The molecule has 0 saturated heterocycles. The van der Waals surface area contributed by atoms with Crippen molar-refractivity contribution in [2.75, 3.05) is 23.4 Å². The Morgan fingerprint density at radius 1 is 1.17 bits per heavy atom. The molecule has 0 aromatic carbocycles. The summed E-state index contributed by atoms with van der Waals surface area (Å²) in [7, 11) is 0. The maximum absolute atomic E-state index is 13.2. The van der Waals surface area contributed by atoms with Gasteiger partial charge < -0.3 is 19.4 Å². The van der Waals surface area contributed by atoms with Crippen molar-refractivity contribution in [2.45, 2.75) is 44.9 Å². The highest BCUT2D eigenvalue weighted by atomic mass is 19.4. The van der Waals surface area contributed by atoms with Crippen LogP contribution in [0.1, 0.15) is 35.4 Å². The molecule has 1 atom stereocenters. The molecule has 0 bridgehead atoms. The fourth-order valence-electron chi connectivity index (χ4n) is 3.53. The number of aromatic amines is 1. The Balaban J connectivity index is 1.32. The van der Waals surface area contributed by atoms with E-state index in [0.717, 1.165) is 6.20 Å². The number of rotatable bonds is 7. The molecule has 0 fully saturated rings. The van der Waals surface area contributed by atoms with E-state index in [0.29, 0.717) is 36.8 Å². The smallest absolute Gasteiger partial charge is 0.423 e. The highest BCUT2D eigenvalue weighted by molar-refractivity contribution is 5.50. The van der Waals surface area contributed by atoms with Gasteiger partial charge in [0.2, 0.25) is 11.8 Å². The third-order valence-corrected chi connectivity index (χ3v) is 5.16. The van der Waals surface area contributed by atoms with E-state index in [9.17, 15) is 31.1 Å². The number of H-pyrrole nitrogens is 1. The van der Waals surface area contributed by atoms with Crippen molar-refractivity contribution in [2.24, 2.45) is 0 Å². The monoisotopic (exact) mass is 519 g/mol. The minimum Gasteiger partial charge on any atom is -0.441 e. The summed E-state index contributed by atoms with van der Waals surface area (Å²) < 4.78 is 88.7. The van der Waals surface area contributed by atoms with Crippen molar-refractivity contribution in [1.82, 2.24) is 25.1 Å². The lowest BCUT2D eigenvalue weighted by atomic mass is 10.2. The Labute approximate surface area is 198 Å². The zero-order valence-electron chi connectivity index (χ0n) is 18.6. The van der Waals surface area contributed by atoms with Crippen LogP contribution >= 0.6 is 0 Å². The van der Waals surface area contributed by atoms with Gasteiger partial charge in [-0.05, 0) is 6.92 Å². The molecule has 3 aromatic heterocycles. The molecule has 36 heavy (non-hydrogen) atoms. The van der Waals surface area contributed by atoms with Crippen LogP contribution < -0.4 is 15.8 Å². The molecule has 0 amide bonds. The Bertz CT molecular complexity index is 1260. The van der Waals surface area contributed by atoms with E-state index in [1.807, 2.05) is 0 Å². The van der Waals surface area contributed by atoms with Crippen LogP contribution in [0.25, 0.3) is 0 Å². The first-order valence-electron chi connectivity index (χ1n) is 10.5. The van der Waals surface area contributed by atoms with Crippen molar-refractivity contribution in [3.63, 3.8) is 0 Å². The van der Waals surface area contributed by atoms with Crippen LogP contribution in [0.5, 0.6) is 0 Å². The lowest BCUT2D eigenvalue weighted by Crippen LogP contribution is -2.31. The quantitative estimate of drug-likeness (QED) is 0.454. The number of aromatic nitrogens is 5. The predicted octanol–water partition coefficient (Wildman–Crippen LogP) is 3.17. The van der Waals surface area contributed by atoms with E-state index in [4.69, 9.17) is 9.15 Å². The van der Waals surface area contributed by atoms with Crippen LogP contribution in [0.2, 0.25) is 0 Å². The van der Waals surface area contributed by atoms with Crippen LogP contribution in [-0.2, 0) is 36.7 Å². The summed E-state index contributed by atoms with van der Waals surface area (Å²) >= 11 is 0. The topological polar surface area (TPSA) is 122 Å². The first-order chi connectivity index (χ1) is 16.9. The number of alkyl halides is 6. The number of nitrogens with zero attached hydrogens (tertiary/aromatic N) is 5. The Hall–Kier alpha value is -3.69. The number of oxazole rings is 1. The first kappa shape index (κ1) is 25.4. The van der Waals surface area contributed by atoms with Crippen LogP contribution in [0.15, 0.2) is 27.8 Å². The van der Waals surface area contributed by atoms with Gasteiger partial charge in [-0.3, -0.25) is 4.79 Å². The zero-order chi connectivity index (χ0) is 26.1. The number of hydrogen-bond donors (Lipinski definition) is 2. The molecule has 10 nitrogen and oxygen atoms in total. The molecule has 0 unspecified atom stereocenters. The fourth-order valence-corrected chi connectivity index (χ4v) is 3.53. The minimum atomic E-state index is -4.87. The number of nitrogens with one attached hydrogen (secondary N) is 2. The van der Waals surface area contributed by atoms with E-state index in [1.165, 1.54) is 0 Å². The SMILES string of the molecule is C[C@@H](COCc1nc2c(o1)CN(c1ncc(C(F)(F)F)cn1)CC2)Nc1cn[nH]c(=O)c1C(F)(F)F. The second-order valence-electron chi connectivity index (χ2n) is 7.96. The average Bonchev–Trinajstić information content (AvgIpc) is 3.19. The lowest BCUT2D eigenvalue weighted by molar-refractivity contribution is -0.139. The maximum Gasteiger partial charge on any atom is 0.423 e. The Morgan fingerprint density at radius 3 is 2.56 bits per heavy atom. The summed E-state index contributed by atoms with van der Waals surface area (Å²) in [6.07, 6.45) is -6.66. The van der Waals surface area contributed by atoms with E-state index in [1.54, 1.807) is 16.9 Å². The first-order valence-corrected chi connectivity index (χ1v) is 10.5. The molecule has 194 valence electrons. The normalized spacial score (nSPS) is 15.0. The summed E-state index contributed by atoms with van der Waals surface area (Å²) in [6.45, 7) is 2.06. The van der Waals surface area contributed by atoms with E-state index < -0.39 is 40.8 Å².